The Balaban J connectivity index is 1.68. The second-order valence-electron chi connectivity index (χ2n) is 6.28. The van der Waals surface area contributed by atoms with Gasteiger partial charge in [0.05, 0.1) is 16.0 Å². The summed E-state index contributed by atoms with van der Waals surface area (Å²) in [6, 6.07) is 10.1. The third-order valence-electron chi connectivity index (χ3n) is 4.30. The van der Waals surface area contributed by atoms with Crippen LogP contribution in [0.5, 0.6) is 0 Å². The van der Waals surface area contributed by atoms with Crippen molar-refractivity contribution in [2.45, 2.75) is 4.90 Å². The first kappa shape index (κ1) is 20.1. The lowest BCUT2D eigenvalue weighted by molar-refractivity contribution is 0.104. The Morgan fingerprint density at radius 2 is 1.90 bits per heavy atom. The van der Waals surface area contributed by atoms with Gasteiger partial charge >= 0.3 is 0 Å². The molecule has 0 atom stereocenters. The largest absolute Gasteiger partial charge is 0.383 e. The zero-order valence-electron chi connectivity index (χ0n) is 15.1. The zero-order chi connectivity index (χ0) is 21.5. The molecule has 2 aromatic heterocycles. The van der Waals surface area contributed by atoms with Gasteiger partial charge in [0.25, 0.3) is 10.0 Å². The van der Waals surface area contributed by atoms with E-state index < -0.39 is 10.0 Å². The zero-order valence-corrected chi connectivity index (χ0v) is 17.4. The minimum atomic E-state index is -4.00. The van der Waals surface area contributed by atoms with Crippen molar-refractivity contribution < 1.29 is 13.2 Å². The number of fused-ring (bicyclic) bond motifs is 1. The molecule has 0 aliphatic carbocycles. The Morgan fingerprint density at radius 1 is 1.10 bits per heavy atom. The van der Waals surface area contributed by atoms with Crippen molar-refractivity contribution in [3.63, 3.8) is 0 Å². The van der Waals surface area contributed by atoms with Crippen molar-refractivity contribution in [2.75, 3.05) is 10.5 Å². The van der Waals surface area contributed by atoms with Gasteiger partial charge in [-0.15, -0.1) is 0 Å². The number of halogens is 2. The SMILES string of the molecule is Nc1ncnc2[nH]cc(C(=O)c3cccc(NS(=O)(=O)c4ccc(Cl)cc4Cl)c3)c12. The fourth-order valence-electron chi connectivity index (χ4n) is 2.95. The molecule has 0 radical (unpaired) electrons. The predicted octanol–water partition coefficient (Wildman–Crippen LogP) is 3.88. The molecule has 2 heterocycles. The van der Waals surface area contributed by atoms with E-state index in [1.165, 1.54) is 42.9 Å². The number of rotatable bonds is 5. The number of carbonyl (C=O) groups is 1. The molecule has 0 aliphatic heterocycles. The Labute approximate surface area is 181 Å². The second-order valence-corrected chi connectivity index (χ2v) is 8.77. The predicted molar refractivity (Wildman–Crippen MR) is 115 cm³/mol. The van der Waals surface area contributed by atoms with E-state index in [9.17, 15) is 13.2 Å². The molecule has 0 aliphatic rings. The molecule has 8 nitrogen and oxygen atoms in total. The number of ketones is 1. The van der Waals surface area contributed by atoms with Crippen molar-refractivity contribution in [1.82, 2.24) is 15.0 Å². The second kappa shape index (κ2) is 7.60. The first-order valence-corrected chi connectivity index (χ1v) is 10.7. The number of nitrogens with two attached hydrogens (primary N) is 1. The van der Waals surface area contributed by atoms with Crippen LogP contribution in [0.15, 0.2) is 59.9 Å². The normalized spacial score (nSPS) is 11.5. The van der Waals surface area contributed by atoms with Gasteiger partial charge in [-0.25, -0.2) is 18.4 Å². The lowest BCUT2D eigenvalue weighted by atomic mass is 10.0. The number of nitrogens with one attached hydrogen (secondary N) is 2. The highest BCUT2D eigenvalue weighted by Crippen LogP contribution is 2.28. The minimum Gasteiger partial charge on any atom is -0.383 e. The number of carbonyl (C=O) groups excluding carboxylic acids is 1. The first-order valence-electron chi connectivity index (χ1n) is 8.46. The quantitative estimate of drug-likeness (QED) is 0.386. The fourth-order valence-corrected chi connectivity index (χ4v) is 4.77. The summed E-state index contributed by atoms with van der Waals surface area (Å²) in [6.45, 7) is 0. The molecule has 152 valence electrons. The van der Waals surface area contributed by atoms with E-state index in [0.717, 1.165) is 0 Å². The summed E-state index contributed by atoms with van der Waals surface area (Å²) < 4.78 is 27.8. The summed E-state index contributed by atoms with van der Waals surface area (Å²) in [5.41, 5.74) is 7.04. The van der Waals surface area contributed by atoms with E-state index in [-0.39, 0.29) is 38.3 Å². The molecule has 30 heavy (non-hydrogen) atoms. The number of anilines is 2. The number of sulfonamides is 1. The Morgan fingerprint density at radius 3 is 2.67 bits per heavy atom. The first-order chi connectivity index (χ1) is 14.3. The summed E-state index contributed by atoms with van der Waals surface area (Å²) in [5.74, 6) is -0.202. The molecule has 0 bridgehead atoms. The van der Waals surface area contributed by atoms with E-state index in [1.54, 1.807) is 12.1 Å². The molecule has 11 heteroatoms. The van der Waals surface area contributed by atoms with Crippen LogP contribution in [0.1, 0.15) is 15.9 Å². The van der Waals surface area contributed by atoms with Gasteiger partial charge in [-0.1, -0.05) is 35.3 Å². The number of H-pyrrole nitrogens is 1. The van der Waals surface area contributed by atoms with Gasteiger partial charge in [-0.3, -0.25) is 9.52 Å². The summed E-state index contributed by atoms with van der Waals surface area (Å²) in [6.07, 6.45) is 2.78. The Kier molecular flexibility index (Phi) is 5.10. The van der Waals surface area contributed by atoms with E-state index >= 15 is 0 Å². The van der Waals surface area contributed by atoms with E-state index in [4.69, 9.17) is 28.9 Å². The maximum Gasteiger partial charge on any atom is 0.263 e. The van der Waals surface area contributed by atoms with Crippen molar-refractivity contribution in [2.24, 2.45) is 0 Å². The number of nitrogen functional groups attached to an aromatic ring is 1. The Hall–Kier alpha value is -3.14. The number of aromatic nitrogens is 3. The van der Waals surface area contributed by atoms with Crippen LogP contribution in [0.2, 0.25) is 10.0 Å². The average Bonchev–Trinajstić information content (AvgIpc) is 3.12. The lowest BCUT2D eigenvalue weighted by Gasteiger charge is -2.11. The molecule has 0 spiro atoms. The van der Waals surface area contributed by atoms with Gasteiger partial charge in [0.15, 0.2) is 5.78 Å². The van der Waals surface area contributed by atoms with Crippen molar-refractivity contribution in [1.29, 1.82) is 0 Å². The number of nitrogens with zero attached hydrogens (tertiary/aromatic N) is 2. The summed E-state index contributed by atoms with van der Waals surface area (Å²) in [7, 11) is -4.00. The number of aromatic amines is 1. The number of benzene rings is 2. The monoisotopic (exact) mass is 461 g/mol. The van der Waals surface area contributed by atoms with Gasteiger partial charge < -0.3 is 10.7 Å². The number of hydrogen-bond donors (Lipinski definition) is 3. The number of hydrogen-bond acceptors (Lipinski definition) is 6. The smallest absolute Gasteiger partial charge is 0.263 e. The maximum absolute atomic E-state index is 13.0. The van der Waals surface area contributed by atoms with Gasteiger partial charge in [-0.05, 0) is 30.3 Å². The van der Waals surface area contributed by atoms with Crippen LogP contribution >= 0.6 is 23.2 Å². The summed E-state index contributed by atoms with van der Waals surface area (Å²) in [5, 5.41) is 0.700. The van der Waals surface area contributed by atoms with E-state index in [0.29, 0.717) is 16.1 Å². The van der Waals surface area contributed by atoms with Crippen LogP contribution in [0.25, 0.3) is 11.0 Å². The maximum atomic E-state index is 13.0. The van der Waals surface area contributed by atoms with Crippen molar-refractivity contribution in [3.05, 3.63) is 76.2 Å². The van der Waals surface area contributed by atoms with Crippen LogP contribution in [-0.2, 0) is 10.0 Å². The van der Waals surface area contributed by atoms with Crippen LogP contribution in [0.3, 0.4) is 0 Å². The van der Waals surface area contributed by atoms with E-state index in [1.807, 2.05) is 0 Å². The van der Waals surface area contributed by atoms with Crippen LogP contribution in [-0.4, -0.2) is 29.2 Å². The Bertz CT molecular complexity index is 1400. The van der Waals surface area contributed by atoms with Crippen LogP contribution in [0.4, 0.5) is 11.5 Å². The van der Waals surface area contributed by atoms with Gasteiger partial charge in [0.1, 0.15) is 22.7 Å². The molecular weight excluding hydrogens is 449 g/mol. The molecule has 4 N–H and O–H groups in total. The van der Waals surface area contributed by atoms with E-state index in [2.05, 4.69) is 19.7 Å². The molecule has 0 amide bonds. The molecular formula is C19H13Cl2N5O3S. The fraction of sp³-hybridized carbons (Fsp3) is 0. The lowest BCUT2D eigenvalue weighted by Crippen LogP contribution is -2.14. The minimum absolute atomic E-state index is 0.0171. The topological polar surface area (TPSA) is 131 Å². The van der Waals surface area contributed by atoms with Crippen LogP contribution < -0.4 is 10.5 Å². The molecule has 0 unspecified atom stereocenters. The summed E-state index contributed by atoms with van der Waals surface area (Å²) in [4.78, 5) is 23.7. The van der Waals surface area contributed by atoms with Crippen LogP contribution in [0, 0.1) is 0 Å². The standard InChI is InChI=1S/C19H13Cl2N5O3S/c20-11-4-5-15(14(21)7-11)30(28,29)26-12-3-1-2-10(6-12)17(27)13-8-23-19-16(13)18(22)24-9-25-19/h1-9,26H,(H3,22,23,24,25). The molecule has 0 saturated heterocycles. The third kappa shape index (κ3) is 3.70. The van der Waals surface area contributed by atoms with Gasteiger partial charge in [0.2, 0.25) is 0 Å². The molecule has 4 aromatic rings. The van der Waals surface area contributed by atoms with Gasteiger partial charge in [0, 0.05) is 22.5 Å². The molecule has 2 aromatic carbocycles. The van der Waals surface area contributed by atoms with Crippen molar-refractivity contribution in [3.8, 4) is 0 Å². The highest BCUT2D eigenvalue weighted by Gasteiger charge is 2.21. The highest BCUT2D eigenvalue weighted by molar-refractivity contribution is 7.92. The van der Waals surface area contributed by atoms with Crippen molar-refractivity contribution >= 4 is 61.5 Å². The molecule has 0 saturated carbocycles. The average molecular weight is 462 g/mol. The third-order valence-corrected chi connectivity index (χ3v) is 6.40. The highest BCUT2D eigenvalue weighted by atomic mass is 35.5. The van der Waals surface area contributed by atoms with Gasteiger partial charge in [-0.2, -0.15) is 0 Å². The summed E-state index contributed by atoms with van der Waals surface area (Å²) >= 11 is 11.8. The molecule has 4 rings (SSSR count). The molecule has 0 fully saturated rings.